The average Bonchev–Trinajstić information content (AvgIpc) is 2.03. The Morgan fingerprint density at radius 3 is 1.71 bits per heavy atom. The molecule has 0 fully saturated rings. The number of carbonyl (C=O) groups is 2. The molecule has 4 nitrogen and oxygen atoms in total. The van der Waals surface area contributed by atoms with Crippen LogP contribution in [0.15, 0.2) is 24.3 Å². The molecule has 0 saturated heterocycles. The van der Waals surface area contributed by atoms with E-state index in [0.717, 1.165) is 12.5 Å². The van der Waals surface area contributed by atoms with Gasteiger partial charge in [0.05, 0.1) is 5.56 Å². The summed E-state index contributed by atoms with van der Waals surface area (Å²) >= 11 is 0. The van der Waals surface area contributed by atoms with E-state index in [1.165, 1.54) is 0 Å². The van der Waals surface area contributed by atoms with E-state index in [4.69, 9.17) is 15.0 Å². The van der Waals surface area contributed by atoms with Gasteiger partial charge in [-0.2, -0.15) is 0 Å². The van der Waals surface area contributed by atoms with E-state index in [2.05, 4.69) is 0 Å². The molecule has 0 aliphatic rings. The van der Waals surface area contributed by atoms with Crippen LogP contribution in [-0.2, 0) is 4.79 Å². The molecule has 0 amide bonds. The van der Waals surface area contributed by atoms with E-state index >= 15 is 0 Å². The molecule has 1 aromatic rings. The third-order valence-corrected chi connectivity index (χ3v) is 1.30. The lowest BCUT2D eigenvalue weighted by Crippen LogP contribution is -1.94. The van der Waals surface area contributed by atoms with E-state index < -0.39 is 11.9 Å². The number of aliphatic carboxylic acids is 1. The normalized spacial score (nSPS) is 8.43. The summed E-state index contributed by atoms with van der Waals surface area (Å²) in [4.78, 5) is 19.3. The number of carboxylic acids is 2. The second-order valence-corrected chi connectivity index (χ2v) is 2.69. The van der Waals surface area contributed by atoms with Gasteiger partial charge in [-0.3, -0.25) is 4.79 Å². The molecule has 0 aliphatic heterocycles. The van der Waals surface area contributed by atoms with E-state index in [0.29, 0.717) is 5.56 Å². The molecule has 1 aromatic carbocycles. The zero-order valence-corrected chi connectivity index (χ0v) is 8.02. The Kier molecular flexibility index (Phi) is 4.99. The quantitative estimate of drug-likeness (QED) is 0.718. The Morgan fingerprint density at radius 2 is 1.43 bits per heavy atom. The van der Waals surface area contributed by atoms with E-state index in [1.807, 2.05) is 6.92 Å². The molecule has 4 heteroatoms. The van der Waals surface area contributed by atoms with E-state index in [9.17, 15) is 4.79 Å². The van der Waals surface area contributed by atoms with Crippen LogP contribution in [0.5, 0.6) is 0 Å². The number of benzene rings is 1. The summed E-state index contributed by atoms with van der Waals surface area (Å²) in [6, 6.07) is 6.75. The van der Waals surface area contributed by atoms with Crippen molar-refractivity contribution in [1.82, 2.24) is 0 Å². The van der Waals surface area contributed by atoms with Crippen LogP contribution in [0, 0.1) is 6.92 Å². The van der Waals surface area contributed by atoms with Gasteiger partial charge in [0.2, 0.25) is 0 Å². The molecule has 0 aromatic heterocycles. The largest absolute Gasteiger partial charge is 0.481 e. The summed E-state index contributed by atoms with van der Waals surface area (Å²) in [6.45, 7) is 3.01. The Balaban J connectivity index is 0.000000364. The van der Waals surface area contributed by atoms with Crippen molar-refractivity contribution < 1.29 is 19.8 Å². The molecule has 14 heavy (non-hydrogen) atoms. The topological polar surface area (TPSA) is 74.6 Å². The first-order valence-corrected chi connectivity index (χ1v) is 3.93. The van der Waals surface area contributed by atoms with E-state index in [1.54, 1.807) is 24.3 Å². The number of aromatic carboxylic acids is 1. The van der Waals surface area contributed by atoms with Crippen LogP contribution in [0.2, 0.25) is 0 Å². The van der Waals surface area contributed by atoms with Crippen LogP contribution in [0.4, 0.5) is 0 Å². The molecular weight excluding hydrogens is 184 g/mol. The molecule has 0 bridgehead atoms. The van der Waals surface area contributed by atoms with Crippen LogP contribution >= 0.6 is 0 Å². The van der Waals surface area contributed by atoms with Gasteiger partial charge in [0, 0.05) is 6.92 Å². The third-order valence-electron chi connectivity index (χ3n) is 1.30. The monoisotopic (exact) mass is 196 g/mol. The summed E-state index contributed by atoms with van der Waals surface area (Å²) in [5, 5.41) is 15.9. The Bertz CT molecular complexity index is 309. The fourth-order valence-electron chi connectivity index (χ4n) is 0.696. The molecule has 0 radical (unpaired) electrons. The highest BCUT2D eigenvalue weighted by Crippen LogP contribution is 2.01. The van der Waals surface area contributed by atoms with Crippen LogP contribution in [0.1, 0.15) is 22.8 Å². The standard InChI is InChI=1S/C8H8O2.C2H4O2/c1-6-2-4-7(5-3-6)8(9)10;1-2(3)4/h2-5H,1H3,(H,9,10);1H3,(H,3,4). The average molecular weight is 196 g/mol. The number of hydrogen-bond donors (Lipinski definition) is 2. The van der Waals surface area contributed by atoms with Crippen molar-refractivity contribution in [2.75, 3.05) is 0 Å². The molecule has 2 N–H and O–H groups in total. The molecule has 0 heterocycles. The molecule has 0 spiro atoms. The molecule has 76 valence electrons. The van der Waals surface area contributed by atoms with Gasteiger partial charge in [-0.25, -0.2) is 4.79 Å². The first-order valence-electron chi connectivity index (χ1n) is 3.93. The number of aryl methyl sites for hydroxylation is 1. The van der Waals surface area contributed by atoms with Crippen LogP contribution in [0.25, 0.3) is 0 Å². The second-order valence-electron chi connectivity index (χ2n) is 2.69. The Morgan fingerprint density at radius 1 is 1.07 bits per heavy atom. The summed E-state index contributed by atoms with van der Waals surface area (Å²) in [5.41, 5.74) is 1.41. The maximum Gasteiger partial charge on any atom is 0.335 e. The Hall–Kier alpha value is -1.84. The first-order chi connectivity index (χ1) is 6.43. The van der Waals surface area contributed by atoms with Gasteiger partial charge in [-0.1, -0.05) is 17.7 Å². The molecule has 1 rings (SSSR count). The smallest absolute Gasteiger partial charge is 0.335 e. The summed E-state index contributed by atoms with van der Waals surface area (Å²) < 4.78 is 0. The molecular formula is C10H12O4. The first kappa shape index (κ1) is 12.2. The third kappa shape index (κ3) is 5.77. The van der Waals surface area contributed by atoms with Crippen LogP contribution < -0.4 is 0 Å². The predicted molar refractivity (Wildman–Crippen MR) is 51.4 cm³/mol. The molecule has 0 unspecified atom stereocenters. The van der Waals surface area contributed by atoms with Gasteiger partial charge >= 0.3 is 5.97 Å². The summed E-state index contributed by atoms with van der Waals surface area (Å²) in [7, 11) is 0. The second kappa shape index (κ2) is 5.75. The SMILES string of the molecule is CC(=O)O.Cc1ccc(C(=O)O)cc1. The zero-order valence-electron chi connectivity index (χ0n) is 8.02. The number of hydrogen-bond acceptors (Lipinski definition) is 2. The Labute approximate surface area is 81.8 Å². The van der Waals surface area contributed by atoms with Gasteiger partial charge < -0.3 is 10.2 Å². The summed E-state index contributed by atoms with van der Waals surface area (Å²) in [6.07, 6.45) is 0. The predicted octanol–water partition coefficient (Wildman–Crippen LogP) is 1.78. The fraction of sp³-hybridized carbons (Fsp3) is 0.200. The van der Waals surface area contributed by atoms with Gasteiger partial charge in [-0.15, -0.1) is 0 Å². The lowest BCUT2D eigenvalue weighted by Gasteiger charge is -1.92. The van der Waals surface area contributed by atoms with Crippen molar-refractivity contribution in [3.8, 4) is 0 Å². The maximum absolute atomic E-state index is 10.3. The van der Waals surface area contributed by atoms with Crippen molar-refractivity contribution in [2.45, 2.75) is 13.8 Å². The van der Waals surface area contributed by atoms with Crippen molar-refractivity contribution in [3.63, 3.8) is 0 Å². The maximum atomic E-state index is 10.3. The van der Waals surface area contributed by atoms with Gasteiger partial charge in [0.15, 0.2) is 0 Å². The minimum Gasteiger partial charge on any atom is -0.481 e. The molecule has 0 aliphatic carbocycles. The van der Waals surface area contributed by atoms with Crippen LogP contribution in [-0.4, -0.2) is 22.2 Å². The fourth-order valence-corrected chi connectivity index (χ4v) is 0.696. The molecule has 0 atom stereocenters. The lowest BCUT2D eigenvalue weighted by molar-refractivity contribution is -0.134. The summed E-state index contributed by atoms with van der Waals surface area (Å²) in [5.74, 6) is -1.71. The number of carboxylic acid groups (broad SMARTS) is 2. The highest BCUT2D eigenvalue weighted by atomic mass is 16.4. The zero-order chi connectivity index (χ0) is 11.1. The highest BCUT2D eigenvalue weighted by Gasteiger charge is 1.98. The minimum atomic E-state index is -0.875. The highest BCUT2D eigenvalue weighted by molar-refractivity contribution is 5.87. The van der Waals surface area contributed by atoms with Crippen molar-refractivity contribution in [3.05, 3.63) is 35.4 Å². The molecule has 0 saturated carbocycles. The van der Waals surface area contributed by atoms with Crippen molar-refractivity contribution in [1.29, 1.82) is 0 Å². The lowest BCUT2D eigenvalue weighted by atomic mass is 10.2. The van der Waals surface area contributed by atoms with E-state index in [-0.39, 0.29) is 0 Å². The van der Waals surface area contributed by atoms with Crippen molar-refractivity contribution >= 4 is 11.9 Å². The van der Waals surface area contributed by atoms with Crippen molar-refractivity contribution in [2.24, 2.45) is 0 Å². The van der Waals surface area contributed by atoms with Gasteiger partial charge in [0.1, 0.15) is 0 Å². The number of rotatable bonds is 1. The van der Waals surface area contributed by atoms with Gasteiger partial charge in [0.25, 0.3) is 5.97 Å². The van der Waals surface area contributed by atoms with Gasteiger partial charge in [-0.05, 0) is 19.1 Å². The minimum absolute atomic E-state index is 0.339. The van der Waals surface area contributed by atoms with Crippen LogP contribution in [0.3, 0.4) is 0 Å².